The van der Waals surface area contributed by atoms with E-state index in [1.54, 1.807) is 36.4 Å². The molecule has 9 heteroatoms. The molecule has 2 heterocycles. The van der Waals surface area contributed by atoms with Crippen LogP contribution in [0.3, 0.4) is 0 Å². The lowest BCUT2D eigenvalue weighted by atomic mass is 9.99. The Hall–Kier alpha value is -3.55. The Bertz CT molecular complexity index is 1250. The number of Topliss-reactive ketones (excluding diaryl/α,β-unsaturated/α-hetero) is 1. The number of nitrogens with one attached hydrogen (secondary N) is 1. The van der Waals surface area contributed by atoms with Crippen LogP contribution in [0.2, 0.25) is 10.0 Å². The SMILES string of the molecule is CC(=O)Nc1ccc(N2C(=O)C(=O)/C(=C(\O)c3ccc(Cl)c(Cl)c3)C2c2ccco2)cc1. The summed E-state index contributed by atoms with van der Waals surface area (Å²) in [6, 6.07) is 13.0. The predicted molar refractivity (Wildman–Crippen MR) is 121 cm³/mol. The van der Waals surface area contributed by atoms with E-state index in [2.05, 4.69) is 5.32 Å². The Morgan fingerprint density at radius 2 is 1.78 bits per heavy atom. The highest BCUT2D eigenvalue weighted by atomic mass is 35.5. The fourth-order valence-electron chi connectivity index (χ4n) is 3.52. The summed E-state index contributed by atoms with van der Waals surface area (Å²) in [5, 5.41) is 14.1. The van der Waals surface area contributed by atoms with Crippen molar-refractivity contribution in [3.63, 3.8) is 0 Å². The summed E-state index contributed by atoms with van der Waals surface area (Å²) < 4.78 is 5.51. The second kappa shape index (κ2) is 8.53. The van der Waals surface area contributed by atoms with Crippen molar-refractivity contribution in [3.05, 3.63) is 87.8 Å². The van der Waals surface area contributed by atoms with Gasteiger partial charge in [0.05, 0.1) is 21.9 Å². The molecule has 1 fully saturated rings. The van der Waals surface area contributed by atoms with Crippen LogP contribution in [0, 0.1) is 0 Å². The molecular weight excluding hydrogens is 455 g/mol. The summed E-state index contributed by atoms with van der Waals surface area (Å²) in [6.45, 7) is 1.38. The van der Waals surface area contributed by atoms with Crippen molar-refractivity contribution in [1.29, 1.82) is 0 Å². The maximum atomic E-state index is 13.0. The summed E-state index contributed by atoms with van der Waals surface area (Å²) in [6.07, 6.45) is 1.41. The first-order valence-electron chi connectivity index (χ1n) is 9.45. The summed E-state index contributed by atoms with van der Waals surface area (Å²) in [5.41, 5.74) is 1.00. The average Bonchev–Trinajstić information content (AvgIpc) is 3.37. The Morgan fingerprint density at radius 3 is 2.38 bits per heavy atom. The number of benzene rings is 2. The molecule has 0 bridgehead atoms. The molecule has 2 N–H and O–H groups in total. The van der Waals surface area contributed by atoms with E-state index < -0.39 is 23.5 Å². The molecule has 3 aromatic rings. The van der Waals surface area contributed by atoms with Gasteiger partial charge in [-0.25, -0.2) is 0 Å². The van der Waals surface area contributed by atoms with Crippen molar-refractivity contribution in [1.82, 2.24) is 0 Å². The van der Waals surface area contributed by atoms with Crippen LogP contribution in [-0.4, -0.2) is 22.7 Å². The van der Waals surface area contributed by atoms with Crippen LogP contribution in [0.1, 0.15) is 24.3 Å². The van der Waals surface area contributed by atoms with Crippen molar-refractivity contribution in [2.24, 2.45) is 0 Å². The molecule has 0 aliphatic carbocycles. The number of aliphatic hydroxyl groups is 1. The number of carbonyl (C=O) groups is 3. The van der Waals surface area contributed by atoms with Gasteiger partial charge in [-0.1, -0.05) is 23.2 Å². The summed E-state index contributed by atoms with van der Waals surface area (Å²) in [7, 11) is 0. The molecule has 1 unspecified atom stereocenters. The van der Waals surface area contributed by atoms with Crippen LogP contribution in [0.15, 0.2) is 70.9 Å². The molecular formula is C23H16Cl2N2O5. The quantitative estimate of drug-likeness (QED) is 0.311. The van der Waals surface area contributed by atoms with E-state index in [4.69, 9.17) is 27.6 Å². The maximum absolute atomic E-state index is 13.0. The largest absolute Gasteiger partial charge is 0.507 e. The Morgan fingerprint density at radius 1 is 1.06 bits per heavy atom. The van der Waals surface area contributed by atoms with Crippen molar-refractivity contribution >= 4 is 57.9 Å². The summed E-state index contributed by atoms with van der Waals surface area (Å²) in [5.74, 6) is -2.06. The third-order valence-electron chi connectivity index (χ3n) is 4.92. The fraction of sp³-hybridized carbons (Fsp3) is 0.0870. The third kappa shape index (κ3) is 3.88. The molecule has 1 aliphatic rings. The van der Waals surface area contributed by atoms with Gasteiger partial charge in [0.2, 0.25) is 5.91 Å². The van der Waals surface area contributed by atoms with Gasteiger partial charge in [-0.3, -0.25) is 19.3 Å². The Balaban J connectivity index is 1.85. The van der Waals surface area contributed by atoms with Crippen LogP contribution in [0.5, 0.6) is 0 Å². The fourth-order valence-corrected chi connectivity index (χ4v) is 3.82. The topological polar surface area (TPSA) is 99.9 Å². The second-order valence-electron chi connectivity index (χ2n) is 7.04. The van der Waals surface area contributed by atoms with Gasteiger partial charge >= 0.3 is 0 Å². The van der Waals surface area contributed by atoms with Gasteiger partial charge in [0.25, 0.3) is 11.7 Å². The van der Waals surface area contributed by atoms with E-state index >= 15 is 0 Å². The molecule has 1 aromatic heterocycles. The van der Waals surface area contributed by atoms with Crippen molar-refractivity contribution < 1.29 is 23.9 Å². The number of amides is 2. The first kappa shape index (κ1) is 21.7. The molecule has 0 saturated carbocycles. The van der Waals surface area contributed by atoms with Crippen molar-refractivity contribution in [2.45, 2.75) is 13.0 Å². The minimum atomic E-state index is -1.01. The van der Waals surface area contributed by atoms with Crippen LogP contribution >= 0.6 is 23.2 Å². The van der Waals surface area contributed by atoms with Gasteiger partial charge in [-0.05, 0) is 54.6 Å². The highest BCUT2D eigenvalue weighted by Crippen LogP contribution is 2.42. The summed E-state index contributed by atoms with van der Waals surface area (Å²) >= 11 is 12.0. The van der Waals surface area contributed by atoms with E-state index in [0.717, 1.165) is 0 Å². The molecule has 7 nitrogen and oxygen atoms in total. The number of halogens is 2. The zero-order chi connectivity index (χ0) is 23.0. The molecule has 2 aromatic carbocycles. The van der Waals surface area contributed by atoms with Gasteiger partial charge < -0.3 is 14.8 Å². The number of aliphatic hydroxyl groups excluding tert-OH is 1. The third-order valence-corrected chi connectivity index (χ3v) is 5.66. The van der Waals surface area contributed by atoms with Gasteiger partial charge in [0, 0.05) is 23.9 Å². The smallest absolute Gasteiger partial charge is 0.300 e. The lowest BCUT2D eigenvalue weighted by molar-refractivity contribution is -0.132. The maximum Gasteiger partial charge on any atom is 0.300 e. The van der Waals surface area contributed by atoms with Gasteiger partial charge in [0.1, 0.15) is 17.6 Å². The van der Waals surface area contributed by atoms with E-state index in [1.807, 2.05) is 0 Å². The second-order valence-corrected chi connectivity index (χ2v) is 7.86. The molecule has 4 rings (SSSR count). The molecule has 32 heavy (non-hydrogen) atoms. The molecule has 0 spiro atoms. The first-order valence-corrected chi connectivity index (χ1v) is 10.2. The number of furan rings is 1. The van der Waals surface area contributed by atoms with Crippen LogP contribution in [0.4, 0.5) is 11.4 Å². The van der Waals surface area contributed by atoms with Gasteiger partial charge in [-0.15, -0.1) is 0 Å². The molecule has 0 radical (unpaired) electrons. The number of rotatable bonds is 4. The van der Waals surface area contributed by atoms with E-state index in [1.165, 1.54) is 36.3 Å². The van der Waals surface area contributed by atoms with Crippen LogP contribution in [-0.2, 0) is 14.4 Å². The zero-order valence-corrected chi connectivity index (χ0v) is 18.1. The van der Waals surface area contributed by atoms with Gasteiger partial charge in [0.15, 0.2) is 0 Å². The zero-order valence-electron chi connectivity index (χ0n) is 16.6. The molecule has 162 valence electrons. The molecule has 1 atom stereocenters. The van der Waals surface area contributed by atoms with Crippen molar-refractivity contribution in [2.75, 3.05) is 10.2 Å². The van der Waals surface area contributed by atoms with E-state index in [0.29, 0.717) is 11.4 Å². The lowest BCUT2D eigenvalue weighted by Gasteiger charge is -2.23. The standard InChI is InChI=1S/C23H16Cl2N2O5/c1-12(28)26-14-5-7-15(8-6-14)27-20(18-3-2-10-32-18)19(22(30)23(27)31)21(29)13-4-9-16(24)17(25)11-13/h2-11,20,29H,1H3,(H,26,28)/b21-19-. The summed E-state index contributed by atoms with van der Waals surface area (Å²) in [4.78, 5) is 38.5. The number of ketones is 1. The number of nitrogens with zero attached hydrogens (tertiary/aromatic N) is 1. The normalized spacial score (nSPS) is 17.6. The number of carbonyl (C=O) groups excluding carboxylic acids is 3. The number of hydrogen-bond acceptors (Lipinski definition) is 5. The van der Waals surface area contributed by atoms with Crippen LogP contribution in [0.25, 0.3) is 5.76 Å². The number of hydrogen-bond donors (Lipinski definition) is 2. The Kier molecular flexibility index (Phi) is 5.78. The minimum Gasteiger partial charge on any atom is -0.507 e. The van der Waals surface area contributed by atoms with E-state index in [-0.39, 0.29) is 32.8 Å². The van der Waals surface area contributed by atoms with Gasteiger partial charge in [-0.2, -0.15) is 0 Å². The van der Waals surface area contributed by atoms with Crippen molar-refractivity contribution in [3.8, 4) is 0 Å². The monoisotopic (exact) mass is 470 g/mol. The first-order chi connectivity index (χ1) is 15.3. The average molecular weight is 471 g/mol. The predicted octanol–water partition coefficient (Wildman–Crippen LogP) is 5.17. The molecule has 1 saturated heterocycles. The van der Waals surface area contributed by atoms with Crippen LogP contribution < -0.4 is 10.2 Å². The van der Waals surface area contributed by atoms with E-state index in [9.17, 15) is 19.5 Å². The molecule has 2 amide bonds. The number of anilines is 2. The lowest BCUT2D eigenvalue weighted by Crippen LogP contribution is -2.29. The molecule has 1 aliphatic heterocycles. The highest BCUT2D eigenvalue weighted by Gasteiger charge is 2.48. The Labute approximate surface area is 192 Å². The highest BCUT2D eigenvalue weighted by molar-refractivity contribution is 6.51. The minimum absolute atomic E-state index is 0.144.